The first kappa shape index (κ1) is 15.3. The van der Waals surface area contributed by atoms with Crippen molar-refractivity contribution in [2.75, 3.05) is 7.11 Å². The lowest BCUT2D eigenvalue weighted by Crippen LogP contribution is -2.09. The molecule has 2 aromatic carbocycles. The first-order valence-corrected chi connectivity index (χ1v) is 7.79. The van der Waals surface area contributed by atoms with Crippen LogP contribution in [0.1, 0.15) is 27.9 Å². The summed E-state index contributed by atoms with van der Waals surface area (Å²) in [7, 11) is 1.29. The predicted octanol–water partition coefficient (Wildman–Crippen LogP) is 3.13. The Morgan fingerprint density at radius 1 is 1.20 bits per heavy atom. The van der Waals surface area contributed by atoms with Gasteiger partial charge in [-0.05, 0) is 42.5 Å². The van der Waals surface area contributed by atoms with Crippen LogP contribution in [0.15, 0.2) is 33.5 Å². The number of carbonyl (C=O) groups excluding carboxylic acids is 1. The molecule has 0 amide bonds. The van der Waals surface area contributed by atoms with Crippen molar-refractivity contribution in [3.8, 4) is 0 Å². The van der Waals surface area contributed by atoms with Gasteiger partial charge in [0, 0.05) is 22.9 Å². The van der Waals surface area contributed by atoms with Crippen molar-refractivity contribution in [3.05, 3.63) is 61.5 Å². The molecule has 3 aromatic rings. The maximum Gasteiger partial charge on any atom is 0.344 e. The van der Waals surface area contributed by atoms with Gasteiger partial charge in [0.25, 0.3) is 5.69 Å². The van der Waals surface area contributed by atoms with Gasteiger partial charge in [-0.2, -0.15) is 0 Å². The second-order valence-corrected chi connectivity index (χ2v) is 5.98. The summed E-state index contributed by atoms with van der Waals surface area (Å²) in [6.07, 6.45) is 2.24. The monoisotopic (exact) mass is 339 g/mol. The van der Waals surface area contributed by atoms with Crippen LogP contribution in [-0.4, -0.2) is 18.0 Å². The van der Waals surface area contributed by atoms with E-state index in [9.17, 15) is 19.7 Å². The Morgan fingerprint density at radius 3 is 2.68 bits per heavy atom. The largest absolute Gasteiger partial charge is 0.465 e. The first-order chi connectivity index (χ1) is 12.0. The molecule has 1 heterocycles. The van der Waals surface area contributed by atoms with Crippen molar-refractivity contribution in [3.63, 3.8) is 0 Å². The number of nitro groups is 1. The van der Waals surface area contributed by atoms with Crippen LogP contribution in [0.2, 0.25) is 0 Å². The third-order valence-corrected chi connectivity index (χ3v) is 4.67. The van der Waals surface area contributed by atoms with Crippen LogP contribution in [-0.2, 0) is 17.6 Å². The summed E-state index contributed by atoms with van der Waals surface area (Å²) >= 11 is 0. The van der Waals surface area contributed by atoms with E-state index in [4.69, 9.17) is 9.15 Å². The molecule has 1 aromatic heterocycles. The zero-order valence-electron chi connectivity index (χ0n) is 13.3. The molecule has 1 aliphatic carbocycles. The summed E-state index contributed by atoms with van der Waals surface area (Å²) in [5.41, 5.74) is 1.72. The highest BCUT2D eigenvalue weighted by Gasteiger charge is 2.26. The van der Waals surface area contributed by atoms with Gasteiger partial charge in [0.15, 0.2) is 0 Å². The van der Waals surface area contributed by atoms with Gasteiger partial charge in [-0.3, -0.25) is 10.1 Å². The van der Waals surface area contributed by atoms with E-state index >= 15 is 0 Å². The Labute approximate surface area is 141 Å². The number of aryl methyl sites for hydroxylation is 1. The summed E-state index contributed by atoms with van der Waals surface area (Å²) < 4.78 is 10.1. The Morgan fingerprint density at radius 2 is 1.96 bits per heavy atom. The van der Waals surface area contributed by atoms with Crippen LogP contribution >= 0.6 is 0 Å². The highest BCUT2D eigenvalue weighted by molar-refractivity contribution is 6.10. The van der Waals surface area contributed by atoms with Gasteiger partial charge in [-0.1, -0.05) is 0 Å². The number of carbonyl (C=O) groups is 1. The molecule has 7 nitrogen and oxygen atoms in total. The van der Waals surface area contributed by atoms with Gasteiger partial charge in [0.1, 0.15) is 5.58 Å². The third-order valence-electron chi connectivity index (χ3n) is 4.67. The Hall–Kier alpha value is -3.22. The van der Waals surface area contributed by atoms with Crippen molar-refractivity contribution >= 4 is 33.4 Å². The lowest BCUT2D eigenvalue weighted by molar-refractivity contribution is -0.384. The molecule has 0 unspecified atom stereocenters. The molecule has 0 atom stereocenters. The maximum atomic E-state index is 12.4. The van der Waals surface area contributed by atoms with Gasteiger partial charge >= 0.3 is 11.6 Å². The standard InChI is InChI=1S/C18H13NO6/c1-24-17(20)12-8-14-16(11-4-2-3-10(11)12)13-7-9(19(22)23)5-6-15(13)25-18(14)21/h5-8H,2-4H2,1H3. The highest BCUT2D eigenvalue weighted by atomic mass is 16.6. The molecule has 1 aliphatic rings. The van der Waals surface area contributed by atoms with E-state index in [1.54, 1.807) is 0 Å². The zero-order chi connectivity index (χ0) is 17.7. The fraction of sp³-hybridized carbons (Fsp3) is 0.222. The predicted molar refractivity (Wildman–Crippen MR) is 90.0 cm³/mol. The highest BCUT2D eigenvalue weighted by Crippen LogP contribution is 2.37. The number of benzene rings is 2. The molecule has 4 rings (SSSR count). The number of nitrogens with zero attached hydrogens (tertiary/aromatic N) is 1. The van der Waals surface area contributed by atoms with Gasteiger partial charge in [-0.25, -0.2) is 9.59 Å². The van der Waals surface area contributed by atoms with Crippen LogP contribution in [0.4, 0.5) is 5.69 Å². The number of hydrogen-bond acceptors (Lipinski definition) is 6. The van der Waals surface area contributed by atoms with E-state index < -0.39 is 16.5 Å². The fourth-order valence-corrected chi connectivity index (χ4v) is 3.61. The number of nitro benzene ring substituents is 1. The molecule has 0 bridgehead atoms. The van der Waals surface area contributed by atoms with E-state index in [-0.39, 0.29) is 11.1 Å². The van der Waals surface area contributed by atoms with Gasteiger partial charge in [0.05, 0.1) is 23.0 Å². The molecule has 0 spiro atoms. The Bertz CT molecular complexity index is 1130. The van der Waals surface area contributed by atoms with Crippen LogP contribution < -0.4 is 5.63 Å². The van der Waals surface area contributed by atoms with Gasteiger partial charge < -0.3 is 9.15 Å². The number of ether oxygens (including phenoxy) is 1. The molecule has 0 saturated heterocycles. The second-order valence-electron chi connectivity index (χ2n) is 5.98. The minimum absolute atomic E-state index is 0.0774. The molecule has 0 aliphatic heterocycles. The Kier molecular flexibility index (Phi) is 3.31. The van der Waals surface area contributed by atoms with E-state index in [2.05, 4.69) is 0 Å². The summed E-state index contributed by atoms with van der Waals surface area (Å²) in [5.74, 6) is -0.501. The summed E-state index contributed by atoms with van der Waals surface area (Å²) in [5, 5.41) is 12.5. The lowest BCUT2D eigenvalue weighted by atomic mass is 9.94. The van der Waals surface area contributed by atoms with Crippen molar-refractivity contribution in [1.82, 2.24) is 0 Å². The van der Waals surface area contributed by atoms with Gasteiger partial charge in [0.2, 0.25) is 0 Å². The molecular weight excluding hydrogens is 326 g/mol. The molecule has 25 heavy (non-hydrogen) atoms. The Balaban J connectivity index is 2.20. The molecule has 0 N–H and O–H groups in total. The summed E-state index contributed by atoms with van der Waals surface area (Å²) in [6.45, 7) is 0. The van der Waals surface area contributed by atoms with Crippen molar-refractivity contribution in [2.45, 2.75) is 19.3 Å². The van der Waals surface area contributed by atoms with Crippen LogP contribution in [0.3, 0.4) is 0 Å². The van der Waals surface area contributed by atoms with Crippen molar-refractivity contribution in [1.29, 1.82) is 0 Å². The average molecular weight is 339 g/mol. The van der Waals surface area contributed by atoms with E-state index in [1.165, 1.54) is 31.4 Å². The SMILES string of the molecule is COC(=O)c1cc2c(=O)oc3ccc([N+](=O)[O-])cc3c2c2c1CCC2. The van der Waals surface area contributed by atoms with Gasteiger partial charge in [-0.15, -0.1) is 0 Å². The molecule has 0 saturated carbocycles. The quantitative estimate of drug-likeness (QED) is 0.234. The fourth-order valence-electron chi connectivity index (χ4n) is 3.61. The number of rotatable bonds is 2. The minimum atomic E-state index is -0.573. The molecule has 7 heteroatoms. The molecule has 126 valence electrons. The van der Waals surface area contributed by atoms with E-state index in [1.807, 2.05) is 0 Å². The number of non-ortho nitro benzene ring substituents is 1. The topological polar surface area (TPSA) is 99.7 Å². The van der Waals surface area contributed by atoms with Crippen molar-refractivity contribution < 1.29 is 18.9 Å². The number of fused-ring (bicyclic) bond motifs is 5. The minimum Gasteiger partial charge on any atom is -0.465 e. The van der Waals surface area contributed by atoms with Crippen molar-refractivity contribution in [2.24, 2.45) is 0 Å². The van der Waals surface area contributed by atoms with Crippen LogP contribution in [0.5, 0.6) is 0 Å². The number of methoxy groups -OCH3 is 1. The van der Waals surface area contributed by atoms with E-state index in [0.29, 0.717) is 34.8 Å². The lowest BCUT2D eigenvalue weighted by Gasteiger charge is -2.12. The van der Waals surface area contributed by atoms with Crippen LogP contribution in [0, 0.1) is 10.1 Å². The number of hydrogen-bond donors (Lipinski definition) is 0. The number of esters is 1. The summed E-state index contributed by atoms with van der Waals surface area (Å²) in [4.78, 5) is 35.1. The normalized spacial score (nSPS) is 13.2. The van der Waals surface area contributed by atoms with Crippen LogP contribution in [0.25, 0.3) is 21.7 Å². The third kappa shape index (κ3) is 2.20. The average Bonchev–Trinajstić information content (AvgIpc) is 3.09. The second kappa shape index (κ2) is 5.41. The van der Waals surface area contributed by atoms with E-state index in [0.717, 1.165) is 17.5 Å². The molecule has 0 radical (unpaired) electrons. The zero-order valence-corrected chi connectivity index (χ0v) is 13.3. The first-order valence-electron chi connectivity index (χ1n) is 7.79. The maximum absolute atomic E-state index is 12.4. The summed E-state index contributed by atoms with van der Waals surface area (Å²) in [6, 6.07) is 5.64. The smallest absolute Gasteiger partial charge is 0.344 e. The molecule has 0 fully saturated rings. The molecular formula is C18H13NO6.